The monoisotopic (exact) mass is 354 g/mol. The lowest BCUT2D eigenvalue weighted by molar-refractivity contribution is 0.102. The Morgan fingerprint density at radius 1 is 1.00 bits per heavy atom. The fourth-order valence-corrected chi connectivity index (χ4v) is 3.03. The fourth-order valence-electron chi connectivity index (χ4n) is 3.03. The Morgan fingerprint density at radius 2 is 1.93 bits per heavy atom. The lowest BCUT2D eigenvalue weighted by atomic mass is 10.1. The summed E-state index contributed by atoms with van der Waals surface area (Å²) in [5.74, 6) is -0.189. The molecule has 3 heterocycles. The van der Waals surface area contributed by atoms with Crippen molar-refractivity contribution in [1.82, 2.24) is 24.8 Å². The van der Waals surface area contributed by atoms with Crippen molar-refractivity contribution in [3.63, 3.8) is 0 Å². The second-order valence-corrected chi connectivity index (χ2v) is 6.16. The molecule has 5 rings (SSSR count). The molecule has 0 atom stereocenters. The molecule has 0 fully saturated rings. The summed E-state index contributed by atoms with van der Waals surface area (Å²) in [5, 5.41) is 16.2. The van der Waals surface area contributed by atoms with Gasteiger partial charge in [0.25, 0.3) is 5.91 Å². The number of nitrogens with one attached hydrogen (secondary N) is 2. The third-order valence-electron chi connectivity index (χ3n) is 4.35. The van der Waals surface area contributed by atoms with Crippen LogP contribution in [0.5, 0.6) is 0 Å². The van der Waals surface area contributed by atoms with Crippen LogP contribution in [0, 0.1) is 0 Å². The quantitative estimate of drug-likeness (QED) is 0.519. The van der Waals surface area contributed by atoms with Gasteiger partial charge in [-0.05, 0) is 36.4 Å². The Labute approximate surface area is 153 Å². The van der Waals surface area contributed by atoms with Gasteiger partial charge in [-0.3, -0.25) is 4.79 Å². The first-order valence-electron chi connectivity index (χ1n) is 8.43. The number of rotatable bonds is 3. The van der Waals surface area contributed by atoms with Crippen LogP contribution in [0.15, 0.2) is 73.1 Å². The molecule has 7 nitrogen and oxygen atoms in total. The van der Waals surface area contributed by atoms with Gasteiger partial charge in [-0.25, -0.2) is 0 Å². The second-order valence-electron chi connectivity index (χ2n) is 6.16. The van der Waals surface area contributed by atoms with Crippen LogP contribution in [0.1, 0.15) is 10.5 Å². The van der Waals surface area contributed by atoms with Gasteiger partial charge < -0.3 is 10.3 Å². The van der Waals surface area contributed by atoms with E-state index in [1.165, 1.54) is 0 Å². The van der Waals surface area contributed by atoms with Crippen molar-refractivity contribution in [3.05, 3.63) is 78.8 Å². The van der Waals surface area contributed by atoms with Crippen LogP contribution in [0.3, 0.4) is 0 Å². The predicted molar refractivity (Wildman–Crippen MR) is 102 cm³/mol. The van der Waals surface area contributed by atoms with Gasteiger partial charge in [0.05, 0.1) is 5.69 Å². The first-order chi connectivity index (χ1) is 13.3. The molecule has 2 aromatic carbocycles. The molecule has 3 aromatic heterocycles. The summed E-state index contributed by atoms with van der Waals surface area (Å²) >= 11 is 0. The summed E-state index contributed by atoms with van der Waals surface area (Å²) in [5.41, 5.74) is 4.49. The van der Waals surface area contributed by atoms with Crippen LogP contribution in [0.2, 0.25) is 0 Å². The third kappa shape index (κ3) is 2.81. The number of benzene rings is 2. The Kier molecular flexibility index (Phi) is 3.43. The number of fused-ring (bicyclic) bond motifs is 2. The molecule has 0 aliphatic heterocycles. The average molecular weight is 354 g/mol. The van der Waals surface area contributed by atoms with Gasteiger partial charge in [0.1, 0.15) is 12.0 Å². The van der Waals surface area contributed by atoms with E-state index < -0.39 is 0 Å². The molecule has 0 aliphatic rings. The van der Waals surface area contributed by atoms with E-state index in [2.05, 4.69) is 25.6 Å². The highest BCUT2D eigenvalue weighted by molar-refractivity contribution is 6.06. The SMILES string of the molecule is O=C(Nc1cccc(-c2ccc3nncn3n2)c1)c1cc2ccccc2[nH]1. The van der Waals surface area contributed by atoms with Crippen molar-refractivity contribution in [2.75, 3.05) is 5.32 Å². The van der Waals surface area contributed by atoms with E-state index in [9.17, 15) is 4.79 Å². The number of aromatic nitrogens is 5. The number of hydrogen-bond acceptors (Lipinski definition) is 4. The van der Waals surface area contributed by atoms with Gasteiger partial charge in [-0.2, -0.15) is 9.61 Å². The number of amides is 1. The van der Waals surface area contributed by atoms with Crippen LogP contribution in [-0.4, -0.2) is 30.7 Å². The molecule has 0 saturated heterocycles. The molecule has 2 N–H and O–H groups in total. The van der Waals surface area contributed by atoms with Gasteiger partial charge in [-0.1, -0.05) is 30.3 Å². The number of hydrogen-bond donors (Lipinski definition) is 2. The maximum absolute atomic E-state index is 12.6. The van der Waals surface area contributed by atoms with E-state index in [1.807, 2.05) is 66.7 Å². The Morgan fingerprint density at radius 3 is 2.85 bits per heavy atom. The first kappa shape index (κ1) is 15.3. The zero-order valence-electron chi connectivity index (χ0n) is 14.1. The van der Waals surface area contributed by atoms with Gasteiger partial charge in [0, 0.05) is 22.2 Å². The minimum Gasteiger partial charge on any atom is -0.351 e. The molecule has 27 heavy (non-hydrogen) atoms. The molecule has 0 aliphatic carbocycles. The summed E-state index contributed by atoms with van der Waals surface area (Å²) in [4.78, 5) is 15.7. The molecular weight excluding hydrogens is 340 g/mol. The summed E-state index contributed by atoms with van der Waals surface area (Å²) in [7, 11) is 0. The molecule has 0 spiro atoms. The van der Waals surface area contributed by atoms with E-state index in [4.69, 9.17) is 0 Å². The number of carbonyl (C=O) groups excluding carboxylic acids is 1. The van der Waals surface area contributed by atoms with Crippen molar-refractivity contribution >= 4 is 28.1 Å². The topological polar surface area (TPSA) is 88.0 Å². The summed E-state index contributed by atoms with van der Waals surface area (Å²) in [6, 6.07) is 20.9. The van der Waals surface area contributed by atoms with E-state index in [1.54, 1.807) is 10.8 Å². The molecule has 5 aromatic rings. The molecule has 7 heteroatoms. The van der Waals surface area contributed by atoms with E-state index in [-0.39, 0.29) is 5.91 Å². The molecule has 1 amide bonds. The minimum atomic E-state index is -0.189. The van der Waals surface area contributed by atoms with Crippen molar-refractivity contribution in [1.29, 1.82) is 0 Å². The number of anilines is 1. The fraction of sp³-hybridized carbons (Fsp3) is 0. The predicted octanol–water partition coefficient (Wildman–Crippen LogP) is 3.52. The molecule has 130 valence electrons. The summed E-state index contributed by atoms with van der Waals surface area (Å²) in [6.45, 7) is 0. The highest BCUT2D eigenvalue weighted by Crippen LogP contribution is 2.22. The van der Waals surface area contributed by atoms with Crippen molar-refractivity contribution < 1.29 is 4.79 Å². The molecule has 0 bridgehead atoms. The number of carbonyl (C=O) groups is 1. The lowest BCUT2D eigenvalue weighted by Gasteiger charge is -2.07. The van der Waals surface area contributed by atoms with Crippen molar-refractivity contribution in [3.8, 4) is 11.3 Å². The lowest BCUT2D eigenvalue weighted by Crippen LogP contribution is -2.12. The standard InChI is InChI=1S/C20H14N6O/c27-20(18-11-14-4-1-2-7-16(14)23-18)22-15-6-3-5-13(10-15)17-8-9-19-24-21-12-26(19)25-17/h1-12,23H,(H,22,27). The first-order valence-corrected chi connectivity index (χ1v) is 8.43. The number of nitrogens with zero attached hydrogens (tertiary/aromatic N) is 4. The zero-order valence-corrected chi connectivity index (χ0v) is 14.1. The summed E-state index contributed by atoms with van der Waals surface area (Å²) in [6.07, 6.45) is 1.56. The average Bonchev–Trinajstić information content (AvgIpc) is 3.34. The van der Waals surface area contributed by atoms with Gasteiger partial charge >= 0.3 is 0 Å². The van der Waals surface area contributed by atoms with Crippen LogP contribution < -0.4 is 5.32 Å². The zero-order chi connectivity index (χ0) is 18.2. The maximum atomic E-state index is 12.6. The van der Waals surface area contributed by atoms with Crippen molar-refractivity contribution in [2.24, 2.45) is 0 Å². The van der Waals surface area contributed by atoms with Crippen LogP contribution in [0.25, 0.3) is 27.8 Å². The highest BCUT2D eigenvalue weighted by atomic mass is 16.1. The number of H-pyrrole nitrogens is 1. The smallest absolute Gasteiger partial charge is 0.272 e. The summed E-state index contributed by atoms with van der Waals surface area (Å²) < 4.78 is 1.62. The molecule has 0 saturated carbocycles. The Bertz CT molecular complexity index is 1250. The Balaban J connectivity index is 1.43. The second kappa shape index (κ2) is 6.06. The van der Waals surface area contributed by atoms with Crippen molar-refractivity contribution in [2.45, 2.75) is 0 Å². The normalized spacial score (nSPS) is 11.1. The van der Waals surface area contributed by atoms with Gasteiger partial charge in [0.2, 0.25) is 0 Å². The molecule has 0 unspecified atom stereocenters. The van der Waals surface area contributed by atoms with Crippen LogP contribution in [-0.2, 0) is 0 Å². The Hall–Kier alpha value is -4.00. The van der Waals surface area contributed by atoms with Crippen LogP contribution in [0.4, 0.5) is 5.69 Å². The third-order valence-corrected chi connectivity index (χ3v) is 4.35. The van der Waals surface area contributed by atoms with E-state index >= 15 is 0 Å². The molecular formula is C20H14N6O. The molecule has 0 radical (unpaired) electrons. The van der Waals surface area contributed by atoms with E-state index in [0.29, 0.717) is 17.0 Å². The highest BCUT2D eigenvalue weighted by Gasteiger charge is 2.10. The minimum absolute atomic E-state index is 0.189. The van der Waals surface area contributed by atoms with Crippen LogP contribution >= 0.6 is 0 Å². The maximum Gasteiger partial charge on any atom is 0.272 e. The van der Waals surface area contributed by atoms with Gasteiger partial charge in [0.15, 0.2) is 5.65 Å². The van der Waals surface area contributed by atoms with E-state index in [0.717, 1.165) is 22.2 Å². The largest absolute Gasteiger partial charge is 0.351 e. The number of aromatic amines is 1. The van der Waals surface area contributed by atoms with Gasteiger partial charge in [-0.15, -0.1) is 10.2 Å². The number of para-hydroxylation sites is 1.